The number of nitrogens with zero attached hydrogens (tertiary/aromatic N) is 1. The lowest BCUT2D eigenvalue weighted by atomic mass is 10.1. The summed E-state index contributed by atoms with van der Waals surface area (Å²) in [4.78, 5) is 10.3. The highest BCUT2D eigenvalue weighted by Crippen LogP contribution is 2.36. The molecule has 0 saturated heterocycles. The van der Waals surface area contributed by atoms with Crippen LogP contribution in [0.5, 0.6) is 0 Å². The molecule has 2 rings (SSSR count). The van der Waals surface area contributed by atoms with Gasteiger partial charge in [0.1, 0.15) is 0 Å². The van der Waals surface area contributed by atoms with Gasteiger partial charge in [0.15, 0.2) is 0 Å². The Morgan fingerprint density at radius 1 is 1.50 bits per heavy atom. The highest BCUT2D eigenvalue weighted by molar-refractivity contribution is 7.17. The first kappa shape index (κ1) is 9.43. The maximum Gasteiger partial charge on any atom is 0.288 e. The number of nitro groups is 1. The predicted octanol–water partition coefficient (Wildman–Crippen LogP) is 3.77. The summed E-state index contributed by atoms with van der Waals surface area (Å²) in [6.45, 7) is 1.83. The van der Waals surface area contributed by atoms with Gasteiger partial charge in [-0.15, -0.1) is 11.3 Å². The van der Waals surface area contributed by atoms with Crippen LogP contribution in [0.25, 0.3) is 10.1 Å². The van der Waals surface area contributed by atoms with Crippen LogP contribution < -0.4 is 0 Å². The van der Waals surface area contributed by atoms with Crippen LogP contribution in [0.2, 0.25) is 5.02 Å². The van der Waals surface area contributed by atoms with Gasteiger partial charge in [-0.3, -0.25) is 10.1 Å². The summed E-state index contributed by atoms with van der Waals surface area (Å²) in [5.74, 6) is 0. The van der Waals surface area contributed by atoms with E-state index in [9.17, 15) is 10.1 Å². The molecular weight excluding hydrogens is 222 g/mol. The molecule has 0 aliphatic rings. The topological polar surface area (TPSA) is 43.1 Å². The fourth-order valence-corrected chi connectivity index (χ4v) is 2.80. The van der Waals surface area contributed by atoms with Crippen LogP contribution in [-0.4, -0.2) is 4.92 Å². The summed E-state index contributed by atoms with van der Waals surface area (Å²) >= 11 is 7.19. The van der Waals surface area contributed by atoms with E-state index >= 15 is 0 Å². The summed E-state index contributed by atoms with van der Waals surface area (Å²) in [5, 5.41) is 13.6. The molecule has 0 unspecified atom stereocenters. The molecule has 0 fully saturated rings. The molecule has 0 atom stereocenters. The lowest BCUT2D eigenvalue weighted by Crippen LogP contribution is -1.86. The molecule has 0 aliphatic carbocycles. The Hall–Kier alpha value is -1.13. The third-order valence-electron chi connectivity index (χ3n) is 2.01. The molecule has 1 heterocycles. The lowest BCUT2D eigenvalue weighted by Gasteiger charge is -1.96. The smallest absolute Gasteiger partial charge is 0.258 e. The van der Waals surface area contributed by atoms with Crippen LogP contribution in [0.3, 0.4) is 0 Å². The summed E-state index contributed by atoms with van der Waals surface area (Å²) in [6, 6.07) is 3.49. The molecule has 3 nitrogen and oxygen atoms in total. The third kappa shape index (κ3) is 1.36. The van der Waals surface area contributed by atoms with E-state index in [0.717, 1.165) is 10.3 Å². The van der Waals surface area contributed by atoms with E-state index in [2.05, 4.69) is 0 Å². The van der Waals surface area contributed by atoms with Gasteiger partial charge >= 0.3 is 0 Å². The van der Waals surface area contributed by atoms with Crippen molar-refractivity contribution < 1.29 is 4.92 Å². The largest absolute Gasteiger partial charge is 0.288 e. The van der Waals surface area contributed by atoms with Crippen LogP contribution in [0.15, 0.2) is 17.5 Å². The van der Waals surface area contributed by atoms with Crippen molar-refractivity contribution in [3.8, 4) is 0 Å². The van der Waals surface area contributed by atoms with Gasteiger partial charge in [0.05, 0.1) is 15.7 Å². The van der Waals surface area contributed by atoms with Crippen LogP contribution in [0.1, 0.15) is 5.56 Å². The van der Waals surface area contributed by atoms with Crippen molar-refractivity contribution in [2.45, 2.75) is 6.92 Å². The second kappa shape index (κ2) is 3.22. The van der Waals surface area contributed by atoms with E-state index in [4.69, 9.17) is 11.6 Å². The minimum Gasteiger partial charge on any atom is -0.258 e. The number of rotatable bonds is 1. The minimum atomic E-state index is -0.361. The van der Waals surface area contributed by atoms with E-state index in [-0.39, 0.29) is 10.6 Å². The van der Waals surface area contributed by atoms with Crippen LogP contribution in [-0.2, 0) is 0 Å². The first-order chi connectivity index (χ1) is 6.59. The molecule has 2 aromatic rings. The quantitative estimate of drug-likeness (QED) is 0.550. The average Bonchev–Trinajstić information content (AvgIpc) is 2.47. The van der Waals surface area contributed by atoms with Crippen molar-refractivity contribution in [2.24, 2.45) is 0 Å². The second-order valence-corrected chi connectivity index (χ2v) is 4.32. The predicted molar refractivity (Wildman–Crippen MR) is 58.2 cm³/mol. The average molecular weight is 228 g/mol. The molecule has 0 saturated carbocycles. The summed E-state index contributed by atoms with van der Waals surface area (Å²) in [7, 11) is 0. The van der Waals surface area contributed by atoms with Gasteiger partial charge in [0.25, 0.3) is 5.69 Å². The number of thiophene rings is 1. The van der Waals surface area contributed by atoms with E-state index in [0.29, 0.717) is 10.4 Å². The molecular formula is C9H6ClNO2S. The number of aryl methyl sites for hydroxylation is 1. The van der Waals surface area contributed by atoms with Crippen molar-refractivity contribution >= 4 is 38.7 Å². The Kier molecular flexibility index (Phi) is 2.17. The van der Waals surface area contributed by atoms with Gasteiger partial charge in [0, 0.05) is 9.72 Å². The fourth-order valence-electron chi connectivity index (χ4n) is 1.45. The van der Waals surface area contributed by atoms with Gasteiger partial charge in [-0.25, -0.2) is 0 Å². The molecule has 0 radical (unpaired) electrons. The van der Waals surface area contributed by atoms with Gasteiger partial charge in [-0.1, -0.05) is 11.6 Å². The summed E-state index contributed by atoms with van der Waals surface area (Å²) in [6.07, 6.45) is 0. The summed E-state index contributed by atoms with van der Waals surface area (Å²) in [5.41, 5.74) is 1.01. The Balaban J connectivity index is 2.85. The van der Waals surface area contributed by atoms with Crippen molar-refractivity contribution in [1.29, 1.82) is 0 Å². The highest BCUT2D eigenvalue weighted by Gasteiger charge is 2.16. The SMILES string of the molecule is Cc1cc(Cl)cc2scc([N+](=O)[O-])c12. The minimum absolute atomic E-state index is 0.166. The Morgan fingerprint density at radius 2 is 2.21 bits per heavy atom. The molecule has 1 aromatic carbocycles. The first-order valence-corrected chi connectivity index (χ1v) is 5.17. The third-order valence-corrected chi connectivity index (χ3v) is 3.15. The number of hydrogen-bond donors (Lipinski definition) is 0. The molecule has 0 amide bonds. The van der Waals surface area contributed by atoms with Gasteiger partial charge in [-0.2, -0.15) is 0 Å². The number of benzene rings is 1. The van der Waals surface area contributed by atoms with E-state index in [1.807, 2.05) is 6.92 Å². The zero-order chi connectivity index (χ0) is 10.3. The lowest BCUT2D eigenvalue weighted by molar-refractivity contribution is -0.382. The summed E-state index contributed by atoms with van der Waals surface area (Å²) < 4.78 is 0.863. The van der Waals surface area contributed by atoms with Gasteiger partial charge in [-0.05, 0) is 24.6 Å². The molecule has 5 heteroatoms. The number of fused-ring (bicyclic) bond motifs is 1. The van der Waals surface area contributed by atoms with Crippen LogP contribution >= 0.6 is 22.9 Å². The zero-order valence-corrected chi connectivity index (χ0v) is 8.85. The van der Waals surface area contributed by atoms with Crippen LogP contribution in [0, 0.1) is 17.0 Å². The van der Waals surface area contributed by atoms with E-state index in [1.54, 1.807) is 17.5 Å². The standard InChI is InChI=1S/C9H6ClNO2S/c1-5-2-6(10)3-8-9(5)7(4-14-8)11(12)13/h2-4H,1H3. The monoisotopic (exact) mass is 227 g/mol. The molecule has 0 N–H and O–H groups in total. The zero-order valence-electron chi connectivity index (χ0n) is 7.28. The Bertz CT molecular complexity index is 521. The van der Waals surface area contributed by atoms with Crippen molar-refractivity contribution in [1.82, 2.24) is 0 Å². The van der Waals surface area contributed by atoms with Gasteiger partial charge in [0.2, 0.25) is 0 Å². The second-order valence-electron chi connectivity index (χ2n) is 2.97. The molecule has 0 spiro atoms. The highest BCUT2D eigenvalue weighted by atomic mass is 35.5. The molecule has 0 bridgehead atoms. The van der Waals surface area contributed by atoms with E-state index in [1.165, 1.54) is 11.3 Å². The van der Waals surface area contributed by atoms with Crippen LogP contribution in [0.4, 0.5) is 5.69 Å². The maximum atomic E-state index is 10.7. The molecule has 14 heavy (non-hydrogen) atoms. The molecule has 72 valence electrons. The Morgan fingerprint density at radius 3 is 2.86 bits per heavy atom. The van der Waals surface area contributed by atoms with E-state index < -0.39 is 0 Å². The first-order valence-electron chi connectivity index (χ1n) is 3.91. The Labute approximate surface area is 89.1 Å². The maximum absolute atomic E-state index is 10.7. The van der Waals surface area contributed by atoms with Crippen molar-refractivity contribution in [3.63, 3.8) is 0 Å². The number of halogens is 1. The fraction of sp³-hybridized carbons (Fsp3) is 0.111. The van der Waals surface area contributed by atoms with Crippen molar-refractivity contribution in [2.75, 3.05) is 0 Å². The molecule has 0 aliphatic heterocycles. The normalized spacial score (nSPS) is 10.7. The molecule has 1 aromatic heterocycles. The van der Waals surface area contributed by atoms with Gasteiger partial charge < -0.3 is 0 Å². The van der Waals surface area contributed by atoms with Crippen molar-refractivity contribution in [3.05, 3.63) is 38.2 Å². The number of hydrogen-bond acceptors (Lipinski definition) is 3.